The standard InChI is InChI=1S/C10H13ClN2O6S2/c1-10(2,4-3-7(14)15)12-21(18,19)8-5-6(13(16)17)9(11)20-8/h5,12H,3-4H2,1-2H3,(H,14,15). The average molecular weight is 357 g/mol. The summed E-state index contributed by atoms with van der Waals surface area (Å²) in [6, 6.07) is 0.878. The quantitative estimate of drug-likeness (QED) is 0.569. The summed E-state index contributed by atoms with van der Waals surface area (Å²) < 4.78 is 26.1. The number of carboxylic acid groups (broad SMARTS) is 1. The van der Waals surface area contributed by atoms with Crippen LogP contribution in [0.5, 0.6) is 0 Å². The lowest BCUT2D eigenvalue weighted by atomic mass is 10.0. The lowest BCUT2D eigenvalue weighted by Gasteiger charge is -2.24. The first kappa shape index (κ1) is 17.8. The van der Waals surface area contributed by atoms with Crippen LogP contribution < -0.4 is 4.72 Å². The molecule has 1 heterocycles. The smallest absolute Gasteiger partial charge is 0.303 e. The number of rotatable bonds is 7. The number of aliphatic carboxylic acids is 1. The van der Waals surface area contributed by atoms with E-state index in [0.29, 0.717) is 11.3 Å². The van der Waals surface area contributed by atoms with Crippen molar-refractivity contribution in [3.05, 3.63) is 20.5 Å². The molecule has 8 nitrogen and oxygen atoms in total. The van der Waals surface area contributed by atoms with Crippen molar-refractivity contribution in [3.63, 3.8) is 0 Å². The van der Waals surface area contributed by atoms with Crippen LogP contribution >= 0.6 is 22.9 Å². The van der Waals surface area contributed by atoms with Crippen LogP contribution in [-0.2, 0) is 14.8 Å². The van der Waals surface area contributed by atoms with Crippen LogP contribution in [0.3, 0.4) is 0 Å². The van der Waals surface area contributed by atoms with Crippen LogP contribution in [-0.4, -0.2) is 30.0 Å². The molecule has 118 valence electrons. The van der Waals surface area contributed by atoms with E-state index in [2.05, 4.69) is 4.72 Å². The second kappa shape index (κ2) is 6.26. The molecular weight excluding hydrogens is 344 g/mol. The van der Waals surface area contributed by atoms with E-state index >= 15 is 0 Å². The third-order valence-corrected chi connectivity index (χ3v) is 5.99. The van der Waals surface area contributed by atoms with E-state index in [1.165, 1.54) is 13.8 Å². The number of thiophene rings is 1. The number of carboxylic acids is 1. The summed E-state index contributed by atoms with van der Waals surface area (Å²) in [5, 5.41) is 19.3. The number of hydrogen-bond acceptors (Lipinski definition) is 6. The first-order valence-corrected chi connectivity index (χ1v) is 8.32. The van der Waals surface area contributed by atoms with Gasteiger partial charge in [-0.3, -0.25) is 14.9 Å². The van der Waals surface area contributed by atoms with Crippen molar-refractivity contribution in [1.29, 1.82) is 0 Å². The molecule has 0 saturated carbocycles. The van der Waals surface area contributed by atoms with Gasteiger partial charge in [0.25, 0.3) is 15.7 Å². The Morgan fingerprint density at radius 3 is 2.57 bits per heavy atom. The second-order valence-electron chi connectivity index (χ2n) is 4.86. The summed E-state index contributed by atoms with van der Waals surface area (Å²) in [6.07, 6.45) is -0.135. The van der Waals surface area contributed by atoms with Gasteiger partial charge in [-0.15, -0.1) is 11.3 Å². The number of hydrogen-bond donors (Lipinski definition) is 2. The van der Waals surface area contributed by atoms with E-state index in [1.54, 1.807) is 0 Å². The van der Waals surface area contributed by atoms with Gasteiger partial charge in [0, 0.05) is 18.0 Å². The Bertz CT molecular complexity index is 667. The zero-order valence-electron chi connectivity index (χ0n) is 11.1. The number of halogens is 1. The van der Waals surface area contributed by atoms with Crippen molar-refractivity contribution in [1.82, 2.24) is 4.72 Å². The molecule has 1 aromatic rings. The van der Waals surface area contributed by atoms with E-state index in [-0.39, 0.29) is 21.4 Å². The third-order valence-electron chi connectivity index (χ3n) is 2.48. The van der Waals surface area contributed by atoms with E-state index in [4.69, 9.17) is 16.7 Å². The molecular formula is C10H13ClN2O6S2. The summed E-state index contributed by atoms with van der Waals surface area (Å²) >= 11 is 6.20. The molecule has 0 aliphatic heterocycles. The highest BCUT2D eigenvalue weighted by Crippen LogP contribution is 2.36. The van der Waals surface area contributed by atoms with Gasteiger partial charge in [-0.2, -0.15) is 0 Å². The van der Waals surface area contributed by atoms with Crippen molar-refractivity contribution in [2.75, 3.05) is 0 Å². The summed E-state index contributed by atoms with van der Waals surface area (Å²) in [6.45, 7) is 3.05. The number of nitrogens with zero attached hydrogens (tertiary/aromatic N) is 1. The summed E-state index contributed by atoms with van der Waals surface area (Å²) in [4.78, 5) is 20.4. The topological polar surface area (TPSA) is 127 Å². The van der Waals surface area contributed by atoms with Gasteiger partial charge in [0.1, 0.15) is 4.21 Å². The van der Waals surface area contributed by atoms with E-state index in [1.807, 2.05) is 0 Å². The monoisotopic (exact) mass is 356 g/mol. The lowest BCUT2D eigenvalue weighted by molar-refractivity contribution is -0.384. The number of nitro groups is 1. The highest BCUT2D eigenvalue weighted by molar-refractivity contribution is 7.91. The Morgan fingerprint density at radius 1 is 1.57 bits per heavy atom. The van der Waals surface area contributed by atoms with Gasteiger partial charge in [0.05, 0.1) is 4.92 Å². The molecule has 2 N–H and O–H groups in total. The van der Waals surface area contributed by atoms with Crippen molar-refractivity contribution in [2.24, 2.45) is 0 Å². The Labute approximate surface area is 129 Å². The van der Waals surface area contributed by atoms with Crippen molar-refractivity contribution < 1.29 is 23.2 Å². The Hall–Kier alpha value is -1.23. The number of carbonyl (C=O) groups is 1. The zero-order chi connectivity index (χ0) is 16.4. The van der Waals surface area contributed by atoms with Gasteiger partial charge >= 0.3 is 5.97 Å². The molecule has 0 amide bonds. The third kappa shape index (κ3) is 4.92. The van der Waals surface area contributed by atoms with Crippen molar-refractivity contribution in [2.45, 2.75) is 36.4 Å². The molecule has 0 spiro atoms. The van der Waals surface area contributed by atoms with Crippen LogP contribution in [0.15, 0.2) is 10.3 Å². The summed E-state index contributed by atoms with van der Waals surface area (Å²) in [5.41, 5.74) is -1.49. The molecule has 0 bridgehead atoms. The molecule has 11 heteroatoms. The summed E-state index contributed by atoms with van der Waals surface area (Å²) in [7, 11) is -4.01. The first-order valence-electron chi connectivity index (χ1n) is 5.64. The second-order valence-corrected chi connectivity index (χ2v) is 8.43. The van der Waals surface area contributed by atoms with Gasteiger partial charge in [0.15, 0.2) is 4.34 Å². The van der Waals surface area contributed by atoms with Gasteiger partial charge in [-0.05, 0) is 20.3 Å². The molecule has 1 rings (SSSR count). The SMILES string of the molecule is CC(C)(CCC(=O)O)NS(=O)(=O)c1cc([N+](=O)[O-])c(Cl)s1. The van der Waals surface area contributed by atoms with Crippen LogP contribution in [0.1, 0.15) is 26.7 Å². The molecule has 0 saturated heterocycles. The van der Waals surface area contributed by atoms with Gasteiger partial charge in [0.2, 0.25) is 0 Å². The first-order chi connectivity index (χ1) is 9.44. The number of nitrogens with one attached hydrogen (secondary N) is 1. The van der Waals surface area contributed by atoms with Gasteiger partial charge in [-0.1, -0.05) is 11.6 Å². The normalized spacial score (nSPS) is 12.3. The van der Waals surface area contributed by atoms with Crippen molar-refractivity contribution in [3.8, 4) is 0 Å². The van der Waals surface area contributed by atoms with Crippen molar-refractivity contribution >= 4 is 44.6 Å². The highest BCUT2D eigenvalue weighted by atomic mass is 35.5. The van der Waals surface area contributed by atoms with E-state index in [9.17, 15) is 23.3 Å². The largest absolute Gasteiger partial charge is 0.481 e. The maximum absolute atomic E-state index is 12.2. The molecule has 0 fully saturated rings. The number of sulfonamides is 1. The van der Waals surface area contributed by atoms with Gasteiger partial charge < -0.3 is 5.11 Å². The molecule has 1 aromatic heterocycles. The predicted octanol–water partition coefficient (Wildman–Crippen LogP) is 2.23. The summed E-state index contributed by atoms with van der Waals surface area (Å²) in [5.74, 6) is -1.04. The molecule has 0 aliphatic rings. The Morgan fingerprint density at radius 2 is 2.14 bits per heavy atom. The lowest BCUT2D eigenvalue weighted by Crippen LogP contribution is -2.43. The fraction of sp³-hybridized carbons (Fsp3) is 0.500. The molecule has 0 atom stereocenters. The minimum atomic E-state index is -4.01. The average Bonchev–Trinajstić information content (AvgIpc) is 2.68. The van der Waals surface area contributed by atoms with E-state index in [0.717, 1.165) is 6.07 Å². The fourth-order valence-electron chi connectivity index (χ4n) is 1.48. The fourth-order valence-corrected chi connectivity index (χ4v) is 4.59. The Kier molecular flexibility index (Phi) is 5.31. The predicted molar refractivity (Wildman–Crippen MR) is 77.3 cm³/mol. The molecule has 21 heavy (non-hydrogen) atoms. The maximum Gasteiger partial charge on any atom is 0.303 e. The minimum Gasteiger partial charge on any atom is -0.481 e. The molecule has 0 unspecified atom stereocenters. The zero-order valence-corrected chi connectivity index (χ0v) is 13.5. The Balaban J connectivity index is 2.98. The van der Waals surface area contributed by atoms with Crippen LogP contribution in [0.4, 0.5) is 5.69 Å². The molecule has 0 aromatic carbocycles. The highest BCUT2D eigenvalue weighted by Gasteiger charge is 2.30. The van der Waals surface area contributed by atoms with Crippen LogP contribution in [0.25, 0.3) is 0 Å². The molecule has 0 aliphatic carbocycles. The van der Waals surface area contributed by atoms with Crippen LogP contribution in [0, 0.1) is 10.1 Å². The minimum absolute atomic E-state index is 0.0722. The van der Waals surface area contributed by atoms with Gasteiger partial charge in [-0.25, -0.2) is 13.1 Å². The molecule has 0 radical (unpaired) electrons. The maximum atomic E-state index is 12.2. The van der Waals surface area contributed by atoms with E-state index < -0.39 is 32.1 Å². The van der Waals surface area contributed by atoms with Crippen LogP contribution in [0.2, 0.25) is 4.34 Å².